The van der Waals surface area contributed by atoms with Crippen LogP contribution in [0.1, 0.15) is 20.7 Å². The summed E-state index contributed by atoms with van der Waals surface area (Å²) in [5, 5.41) is 2.97. The van der Waals surface area contributed by atoms with Crippen molar-refractivity contribution in [1.29, 1.82) is 0 Å². The zero-order chi connectivity index (χ0) is 24.9. The van der Waals surface area contributed by atoms with Gasteiger partial charge in [-0.25, -0.2) is 0 Å². The van der Waals surface area contributed by atoms with Crippen molar-refractivity contribution >= 4 is 23.2 Å². The van der Waals surface area contributed by atoms with E-state index in [-0.39, 0.29) is 11.8 Å². The SMILES string of the molecule is CN1CCN(C(=O)c2ccc(-c3cc(C(=O)Nc4ccc(N5CCOCC5)cc4)ccn3)cc2)CC1. The quantitative estimate of drug-likeness (QED) is 0.598. The van der Waals surface area contributed by atoms with Crippen LogP contribution in [0.15, 0.2) is 66.9 Å². The molecule has 0 radical (unpaired) electrons. The van der Waals surface area contributed by atoms with E-state index in [1.54, 1.807) is 18.3 Å². The number of hydrogen-bond acceptors (Lipinski definition) is 6. The number of ether oxygens (including phenoxy) is 1. The van der Waals surface area contributed by atoms with Crippen molar-refractivity contribution in [3.63, 3.8) is 0 Å². The van der Waals surface area contributed by atoms with Gasteiger partial charge in [0, 0.05) is 73.5 Å². The van der Waals surface area contributed by atoms with Gasteiger partial charge < -0.3 is 24.8 Å². The lowest BCUT2D eigenvalue weighted by molar-refractivity contribution is 0.0664. The molecule has 1 N–H and O–H groups in total. The van der Waals surface area contributed by atoms with E-state index in [9.17, 15) is 9.59 Å². The molecule has 1 aromatic heterocycles. The number of rotatable bonds is 5. The molecule has 8 heteroatoms. The van der Waals surface area contributed by atoms with E-state index in [0.717, 1.165) is 69.4 Å². The van der Waals surface area contributed by atoms with Crippen molar-refractivity contribution in [1.82, 2.24) is 14.8 Å². The molecule has 2 aliphatic heterocycles. The Morgan fingerprint density at radius 3 is 2.22 bits per heavy atom. The summed E-state index contributed by atoms with van der Waals surface area (Å²) < 4.78 is 5.41. The third-order valence-corrected chi connectivity index (χ3v) is 6.74. The van der Waals surface area contributed by atoms with Crippen LogP contribution in [0.25, 0.3) is 11.3 Å². The normalized spacial score (nSPS) is 16.6. The van der Waals surface area contributed by atoms with Crippen molar-refractivity contribution < 1.29 is 14.3 Å². The zero-order valence-corrected chi connectivity index (χ0v) is 20.5. The highest BCUT2D eigenvalue weighted by atomic mass is 16.5. The van der Waals surface area contributed by atoms with E-state index >= 15 is 0 Å². The lowest BCUT2D eigenvalue weighted by Crippen LogP contribution is -2.47. The molecular weight excluding hydrogens is 454 g/mol. The first-order chi connectivity index (χ1) is 17.6. The molecule has 2 fully saturated rings. The Morgan fingerprint density at radius 1 is 0.833 bits per heavy atom. The van der Waals surface area contributed by atoms with Crippen molar-refractivity contribution in [2.45, 2.75) is 0 Å². The van der Waals surface area contributed by atoms with Gasteiger partial charge in [-0.15, -0.1) is 0 Å². The van der Waals surface area contributed by atoms with Crippen LogP contribution < -0.4 is 10.2 Å². The van der Waals surface area contributed by atoms with Gasteiger partial charge in [0.15, 0.2) is 0 Å². The van der Waals surface area contributed by atoms with Gasteiger partial charge in [0.1, 0.15) is 0 Å². The van der Waals surface area contributed by atoms with Crippen molar-refractivity contribution in [2.24, 2.45) is 0 Å². The number of anilines is 2. The number of pyridine rings is 1. The minimum atomic E-state index is -0.195. The van der Waals surface area contributed by atoms with Gasteiger partial charge in [-0.05, 0) is 55.6 Å². The van der Waals surface area contributed by atoms with Crippen molar-refractivity contribution in [3.8, 4) is 11.3 Å². The van der Waals surface area contributed by atoms with Gasteiger partial charge in [0.2, 0.25) is 0 Å². The molecule has 3 heterocycles. The van der Waals surface area contributed by atoms with Gasteiger partial charge in [0.25, 0.3) is 11.8 Å². The Balaban J connectivity index is 1.23. The predicted molar refractivity (Wildman–Crippen MR) is 141 cm³/mol. The van der Waals surface area contributed by atoms with E-state index < -0.39 is 0 Å². The van der Waals surface area contributed by atoms with E-state index in [0.29, 0.717) is 16.8 Å². The number of hydrogen-bond donors (Lipinski definition) is 1. The van der Waals surface area contributed by atoms with Crippen LogP contribution >= 0.6 is 0 Å². The number of benzene rings is 2. The molecule has 0 aliphatic carbocycles. The maximum absolute atomic E-state index is 12.9. The summed E-state index contributed by atoms with van der Waals surface area (Å²) in [4.78, 5) is 36.5. The van der Waals surface area contributed by atoms with Gasteiger partial charge in [-0.2, -0.15) is 0 Å². The maximum Gasteiger partial charge on any atom is 0.255 e. The highest BCUT2D eigenvalue weighted by Crippen LogP contribution is 2.22. The first kappa shape index (κ1) is 24.0. The minimum absolute atomic E-state index is 0.0513. The molecule has 2 aliphatic rings. The topological polar surface area (TPSA) is 78.0 Å². The Labute approximate surface area is 211 Å². The molecule has 0 bridgehead atoms. The number of nitrogens with zero attached hydrogens (tertiary/aromatic N) is 4. The molecule has 5 rings (SSSR count). The van der Waals surface area contributed by atoms with Gasteiger partial charge in [0.05, 0.1) is 18.9 Å². The molecule has 36 heavy (non-hydrogen) atoms. The van der Waals surface area contributed by atoms with Crippen molar-refractivity contribution in [2.75, 3.05) is 69.7 Å². The highest BCUT2D eigenvalue weighted by Gasteiger charge is 2.20. The van der Waals surface area contributed by atoms with Gasteiger partial charge in [-0.1, -0.05) is 12.1 Å². The second kappa shape index (κ2) is 10.9. The number of likely N-dealkylation sites (N-methyl/N-ethyl adjacent to an activating group) is 1. The van der Waals surface area contributed by atoms with E-state index in [4.69, 9.17) is 4.74 Å². The molecule has 186 valence electrons. The Morgan fingerprint density at radius 2 is 1.53 bits per heavy atom. The first-order valence-electron chi connectivity index (χ1n) is 12.4. The summed E-state index contributed by atoms with van der Waals surface area (Å²) in [6, 6.07) is 18.8. The number of morpholine rings is 1. The second-order valence-corrected chi connectivity index (χ2v) is 9.20. The van der Waals surface area contributed by atoms with Crippen LogP contribution in [-0.2, 0) is 4.74 Å². The smallest absolute Gasteiger partial charge is 0.255 e. The maximum atomic E-state index is 12.9. The zero-order valence-electron chi connectivity index (χ0n) is 20.5. The average Bonchev–Trinajstić information content (AvgIpc) is 2.94. The van der Waals surface area contributed by atoms with Crippen LogP contribution in [0.4, 0.5) is 11.4 Å². The molecule has 0 atom stereocenters. The summed E-state index contributed by atoms with van der Waals surface area (Å²) in [7, 11) is 2.07. The summed E-state index contributed by atoms with van der Waals surface area (Å²) in [6.45, 7) is 6.47. The van der Waals surface area contributed by atoms with Gasteiger partial charge in [-0.3, -0.25) is 14.6 Å². The Kier molecular flexibility index (Phi) is 7.25. The number of carbonyl (C=O) groups is 2. The molecule has 0 unspecified atom stereocenters. The second-order valence-electron chi connectivity index (χ2n) is 9.20. The summed E-state index contributed by atoms with van der Waals surface area (Å²) >= 11 is 0. The molecule has 0 saturated carbocycles. The third-order valence-electron chi connectivity index (χ3n) is 6.74. The first-order valence-corrected chi connectivity index (χ1v) is 12.4. The van der Waals surface area contributed by atoms with E-state index in [1.807, 2.05) is 53.4 Å². The Hall–Kier alpha value is -3.75. The molecule has 8 nitrogen and oxygen atoms in total. The molecular formula is C28H31N5O3. The Bertz CT molecular complexity index is 1200. The summed E-state index contributed by atoms with van der Waals surface area (Å²) in [5.41, 5.74) is 4.59. The van der Waals surface area contributed by atoms with Crippen LogP contribution in [-0.4, -0.2) is 86.1 Å². The fraction of sp³-hybridized carbons (Fsp3) is 0.321. The monoisotopic (exact) mass is 485 g/mol. The van der Waals surface area contributed by atoms with E-state index in [2.05, 4.69) is 27.1 Å². The van der Waals surface area contributed by atoms with Crippen molar-refractivity contribution in [3.05, 3.63) is 78.0 Å². The van der Waals surface area contributed by atoms with Crippen LogP contribution in [0.2, 0.25) is 0 Å². The van der Waals surface area contributed by atoms with Crippen LogP contribution in [0, 0.1) is 0 Å². The minimum Gasteiger partial charge on any atom is -0.378 e. The molecule has 0 spiro atoms. The van der Waals surface area contributed by atoms with Gasteiger partial charge >= 0.3 is 0 Å². The summed E-state index contributed by atoms with van der Waals surface area (Å²) in [6.07, 6.45) is 1.63. The molecule has 2 saturated heterocycles. The van der Waals surface area contributed by atoms with E-state index in [1.165, 1.54) is 0 Å². The standard InChI is InChI=1S/C28H31N5O3/c1-31-12-14-33(15-13-31)28(35)22-4-2-21(3-5-22)26-20-23(10-11-29-26)27(34)30-24-6-8-25(9-7-24)32-16-18-36-19-17-32/h2-11,20H,12-19H2,1H3,(H,30,34). The number of piperazine rings is 1. The summed E-state index contributed by atoms with van der Waals surface area (Å²) in [5.74, 6) is -0.144. The third kappa shape index (κ3) is 5.56. The number of carbonyl (C=O) groups excluding carboxylic acids is 2. The number of amides is 2. The fourth-order valence-electron chi connectivity index (χ4n) is 4.49. The molecule has 3 aromatic rings. The lowest BCUT2D eigenvalue weighted by Gasteiger charge is -2.32. The largest absolute Gasteiger partial charge is 0.378 e. The molecule has 2 aromatic carbocycles. The number of nitrogens with one attached hydrogen (secondary N) is 1. The highest BCUT2D eigenvalue weighted by molar-refractivity contribution is 6.04. The van der Waals surface area contributed by atoms with Crippen LogP contribution in [0.3, 0.4) is 0 Å². The predicted octanol–water partition coefficient (Wildman–Crippen LogP) is 3.23. The fourth-order valence-corrected chi connectivity index (χ4v) is 4.49. The molecule has 2 amide bonds. The number of aromatic nitrogens is 1. The van der Waals surface area contributed by atoms with Crippen LogP contribution in [0.5, 0.6) is 0 Å². The lowest BCUT2D eigenvalue weighted by atomic mass is 10.1. The average molecular weight is 486 g/mol.